The standard InChI is InChI=1S/C19H20N2O5S/c1-2-26-19(23)14-5-3-6-15(13-14)20-27(24,25)17-10-8-16(9-11-17)21-12-4-7-18(21)22/h3,5-6,8-11,13,20H,2,4,7,12H2,1H3. The SMILES string of the molecule is CCOC(=O)c1cccc(NS(=O)(=O)c2ccc(N3CCCC3=O)cc2)c1. The summed E-state index contributed by atoms with van der Waals surface area (Å²) >= 11 is 0. The smallest absolute Gasteiger partial charge is 0.338 e. The number of esters is 1. The predicted octanol–water partition coefficient (Wildman–Crippen LogP) is 2.79. The molecule has 0 aliphatic carbocycles. The summed E-state index contributed by atoms with van der Waals surface area (Å²) in [6, 6.07) is 12.3. The minimum Gasteiger partial charge on any atom is -0.462 e. The van der Waals surface area contributed by atoms with Crippen LogP contribution in [0.4, 0.5) is 11.4 Å². The zero-order valence-corrected chi connectivity index (χ0v) is 15.7. The number of sulfonamides is 1. The van der Waals surface area contributed by atoms with E-state index in [4.69, 9.17) is 4.74 Å². The highest BCUT2D eigenvalue weighted by molar-refractivity contribution is 7.92. The first-order valence-electron chi connectivity index (χ1n) is 8.61. The lowest BCUT2D eigenvalue weighted by atomic mass is 10.2. The number of amides is 1. The van der Waals surface area contributed by atoms with Gasteiger partial charge in [-0.05, 0) is 55.8 Å². The number of rotatable bonds is 6. The van der Waals surface area contributed by atoms with Crippen molar-refractivity contribution < 1.29 is 22.7 Å². The van der Waals surface area contributed by atoms with Crippen molar-refractivity contribution in [3.63, 3.8) is 0 Å². The molecule has 1 saturated heterocycles. The minimum absolute atomic E-state index is 0.0412. The van der Waals surface area contributed by atoms with E-state index in [0.717, 1.165) is 6.42 Å². The summed E-state index contributed by atoms with van der Waals surface area (Å²) in [5, 5.41) is 0. The topological polar surface area (TPSA) is 92.8 Å². The Labute approximate surface area is 158 Å². The third-order valence-corrected chi connectivity index (χ3v) is 5.56. The van der Waals surface area contributed by atoms with Crippen LogP contribution in [0.15, 0.2) is 53.4 Å². The molecule has 1 amide bonds. The quantitative estimate of drug-likeness (QED) is 0.768. The van der Waals surface area contributed by atoms with Crippen molar-refractivity contribution in [1.82, 2.24) is 0 Å². The van der Waals surface area contributed by atoms with E-state index in [1.807, 2.05) is 0 Å². The van der Waals surface area contributed by atoms with Crippen LogP contribution in [-0.2, 0) is 19.6 Å². The fraction of sp³-hybridized carbons (Fsp3) is 0.263. The summed E-state index contributed by atoms with van der Waals surface area (Å²) in [4.78, 5) is 25.3. The molecule has 1 aliphatic heterocycles. The van der Waals surface area contributed by atoms with Crippen LogP contribution in [0.3, 0.4) is 0 Å². The van der Waals surface area contributed by atoms with Gasteiger partial charge < -0.3 is 9.64 Å². The van der Waals surface area contributed by atoms with Gasteiger partial charge in [-0.2, -0.15) is 0 Å². The summed E-state index contributed by atoms with van der Waals surface area (Å²) in [5.41, 5.74) is 1.21. The Balaban J connectivity index is 1.78. The van der Waals surface area contributed by atoms with Crippen molar-refractivity contribution in [3.05, 3.63) is 54.1 Å². The predicted molar refractivity (Wildman–Crippen MR) is 101 cm³/mol. The number of nitrogens with zero attached hydrogens (tertiary/aromatic N) is 1. The number of hydrogen-bond donors (Lipinski definition) is 1. The number of benzene rings is 2. The van der Waals surface area contributed by atoms with E-state index in [1.54, 1.807) is 42.2 Å². The molecule has 1 aliphatic rings. The van der Waals surface area contributed by atoms with Gasteiger partial charge >= 0.3 is 5.97 Å². The third kappa shape index (κ3) is 4.28. The van der Waals surface area contributed by atoms with Crippen molar-refractivity contribution in [2.24, 2.45) is 0 Å². The minimum atomic E-state index is -3.83. The summed E-state index contributed by atoms with van der Waals surface area (Å²) in [6.45, 7) is 2.58. The zero-order chi connectivity index (χ0) is 19.4. The maximum Gasteiger partial charge on any atom is 0.338 e. The van der Waals surface area contributed by atoms with Gasteiger partial charge in [0.2, 0.25) is 5.91 Å². The second kappa shape index (κ2) is 7.79. The molecule has 0 atom stereocenters. The van der Waals surface area contributed by atoms with Crippen molar-refractivity contribution in [2.75, 3.05) is 22.8 Å². The Kier molecular flexibility index (Phi) is 5.46. The average molecular weight is 388 g/mol. The number of ether oxygens (including phenoxy) is 1. The van der Waals surface area contributed by atoms with Crippen LogP contribution < -0.4 is 9.62 Å². The lowest BCUT2D eigenvalue weighted by molar-refractivity contribution is -0.117. The van der Waals surface area contributed by atoms with E-state index in [-0.39, 0.29) is 28.7 Å². The van der Waals surface area contributed by atoms with Crippen LogP contribution in [0.25, 0.3) is 0 Å². The highest BCUT2D eigenvalue weighted by Crippen LogP contribution is 2.24. The van der Waals surface area contributed by atoms with Crippen molar-refractivity contribution in [1.29, 1.82) is 0 Å². The molecule has 27 heavy (non-hydrogen) atoms. The van der Waals surface area contributed by atoms with E-state index >= 15 is 0 Å². The van der Waals surface area contributed by atoms with Crippen LogP contribution in [0.5, 0.6) is 0 Å². The molecule has 1 N–H and O–H groups in total. The van der Waals surface area contributed by atoms with Crippen LogP contribution in [0.1, 0.15) is 30.1 Å². The first-order chi connectivity index (χ1) is 12.9. The van der Waals surface area contributed by atoms with Crippen molar-refractivity contribution in [3.8, 4) is 0 Å². The number of hydrogen-bond acceptors (Lipinski definition) is 5. The molecule has 1 heterocycles. The van der Waals surface area contributed by atoms with E-state index in [2.05, 4.69) is 4.72 Å². The number of carbonyl (C=O) groups excluding carboxylic acids is 2. The van der Waals surface area contributed by atoms with E-state index in [9.17, 15) is 18.0 Å². The Morgan fingerprint density at radius 1 is 1.19 bits per heavy atom. The first kappa shape index (κ1) is 18.9. The number of nitrogens with one attached hydrogen (secondary N) is 1. The molecule has 0 saturated carbocycles. The Morgan fingerprint density at radius 2 is 1.93 bits per heavy atom. The molecule has 7 nitrogen and oxygen atoms in total. The molecular formula is C19H20N2O5S. The van der Waals surface area contributed by atoms with Crippen LogP contribution >= 0.6 is 0 Å². The van der Waals surface area contributed by atoms with Gasteiger partial charge in [-0.3, -0.25) is 9.52 Å². The van der Waals surface area contributed by atoms with Crippen molar-refractivity contribution in [2.45, 2.75) is 24.7 Å². The van der Waals surface area contributed by atoms with Gasteiger partial charge in [-0.1, -0.05) is 6.07 Å². The summed E-state index contributed by atoms with van der Waals surface area (Å²) in [5.74, 6) is -0.474. The molecule has 0 spiro atoms. The van der Waals surface area contributed by atoms with Gasteiger partial charge in [0.25, 0.3) is 10.0 Å². The maximum absolute atomic E-state index is 12.6. The highest BCUT2D eigenvalue weighted by atomic mass is 32.2. The van der Waals surface area contributed by atoms with Crippen molar-refractivity contribution >= 4 is 33.3 Å². The largest absolute Gasteiger partial charge is 0.462 e. The molecule has 2 aromatic carbocycles. The molecule has 8 heteroatoms. The lowest BCUT2D eigenvalue weighted by Gasteiger charge is -2.16. The summed E-state index contributed by atoms with van der Waals surface area (Å²) in [6.07, 6.45) is 1.32. The molecule has 0 bridgehead atoms. The fourth-order valence-electron chi connectivity index (χ4n) is 2.86. The van der Waals surface area contributed by atoms with Crippen LogP contribution in [-0.4, -0.2) is 33.4 Å². The summed E-state index contributed by atoms with van der Waals surface area (Å²) < 4.78 is 32.6. The lowest BCUT2D eigenvalue weighted by Crippen LogP contribution is -2.23. The number of carbonyl (C=O) groups is 2. The van der Waals surface area contributed by atoms with Gasteiger partial charge in [-0.15, -0.1) is 0 Å². The maximum atomic E-state index is 12.6. The summed E-state index contributed by atoms with van der Waals surface area (Å²) in [7, 11) is -3.83. The van der Waals surface area contributed by atoms with E-state index < -0.39 is 16.0 Å². The second-order valence-corrected chi connectivity index (χ2v) is 7.73. The van der Waals surface area contributed by atoms with Gasteiger partial charge in [-0.25, -0.2) is 13.2 Å². The second-order valence-electron chi connectivity index (χ2n) is 6.05. The number of anilines is 2. The van der Waals surface area contributed by atoms with Crippen LogP contribution in [0.2, 0.25) is 0 Å². The van der Waals surface area contributed by atoms with Gasteiger partial charge in [0.15, 0.2) is 0 Å². The zero-order valence-electron chi connectivity index (χ0n) is 14.8. The van der Waals surface area contributed by atoms with E-state index in [1.165, 1.54) is 18.2 Å². The first-order valence-corrected chi connectivity index (χ1v) is 10.1. The molecule has 3 rings (SSSR count). The van der Waals surface area contributed by atoms with E-state index in [0.29, 0.717) is 18.7 Å². The van der Waals surface area contributed by atoms with Gasteiger partial charge in [0.1, 0.15) is 0 Å². The monoisotopic (exact) mass is 388 g/mol. The Morgan fingerprint density at radius 3 is 2.56 bits per heavy atom. The molecule has 2 aromatic rings. The highest BCUT2D eigenvalue weighted by Gasteiger charge is 2.22. The fourth-order valence-corrected chi connectivity index (χ4v) is 3.91. The molecule has 142 valence electrons. The third-order valence-electron chi connectivity index (χ3n) is 4.16. The molecular weight excluding hydrogens is 368 g/mol. The molecule has 0 radical (unpaired) electrons. The Hall–Kier alpha value is -2.87. The molecule has 0 unspecified atom stereocenters. The Bertz CT molecular complexity index is 954. The van der Waals surface area contributed by atoms with Crippen LogP contribution in [0, 0.1) is 0 Å². The average Bonchev–Trinajstić information content (AvgIpc) is 3.08. The normalized spacial score (nSPS) is 14.3. The molecule has 0 aromatic heterocycles. The van der Waals surface area contributed by atoms with Gasteiger partial charge in [0, 0.05) is 24.3 Å². The van der Waals surface area contributed by atoms with Gasteiger partial charge in [0.05, 0.1) is 17.1 Å². The molecule has 1 fully saturated rings.